The fourth-order valence-corrected chi connectivity index (χ4v) is 5.84. The number of amides is 2. The maximum atomic E-state index is 12.5. The van der Waals surface area contributed by atoms with Gasteiger partial charge in [0.05, 0.1) is 17.4 Å². The molecule has 0 spiro atoms. The van der Waals surface area contributed by atoms with Crippen molar-refractivity contribution in [3.8, 4) is 0 Å². The molecule has 0 aromatic heterocycles. The molecule has 0 aromatic rings. The molecule has 0 aromatic carbocycles. The lowest BCUT2D eigenvalue weighted by Gasteiger charge is -2.30. The largest absolute Gasteiger partial charge is 0.353 e. The summed E-state index contributed by atoms with van der Waals surface area (Å²) in [7, 11) is -3.02. The fourth-order valence-electron chi connectivity index (χ4n) is 4.11. The molecule has 0 bridgehead atoms. The van der Waals surface area contributed by atoms with Crippen LogP contribution < -0.4 is 5.32 Å². The van der Waals surface area contributed by atoms with Gasteiger partial charge in [-0.15, -0.1) is 0 Å². The van der Waals surface area contributed by atoms with Gasteiger partial charge in [0.25, 0.3) is 0 Å². The van der Waals surface area contributed by atoms with E-state index in [9.17, 15) is 18.0 Å². The Morgan fingerprint density at radius 2 is 1.96 bits per heavy atom. The van der Waals surface area contributed by atoms with Crippen LogP contribution in [0.2, 0.25) is 0 Å². The van der Waals surface area contributed by atoms with Crippen LogP contribution in [-0.4, -0.2) is 55.3 Å². The number of hydrogen-bond acceptors (Lipinski definition) is 4. The summed E-state index contributed by atoms with van der Waals surface area (Å²) in [5, 5.41) is 3.12. The highest BCUT2D eigenvalue weighted by Crippen LogP contribution is 2.28. The molecule has 23 heavy (non-hydrogen) atoms. The van der Waals surface area contributed by atoms with Gasteiger partial charge in [-0.3, -0.25) is 9.59 Å². The molecular formula is C16H26N2O4S. The zero-order chi connectivity index (χ0) is 16.6. The van der Waals surface area contributed by atoms with Crippen molar-refractivity contribution in [2.75, 3.05) is 18.1 Å². The van der Waals surface area contributed by atoms with E-state index >= 15 is 0 Å². The molecule has 2 heterocycles. The van der Waals surface area contributed by atoms with Crippen molar-refractivity contribution >= 4 is 21.7 Å². The first kappa shape index (κ1) is 16.7. The second-order valence-electron chi connectivity index (χ2n) is 7.38. The molecule has 4 atom stereocenters. The van der Waals surface area contributed by atoms with Gasteiger partial charge in [0.2, 0.25) is 11.8 Å². The lowest BCUT2D eigenvalue weighted by molar-refractivity contribution is -0.130. The minimum atomic E-state index is -3.02. The third-order valence-corrected chi connectivity index (χ3v) is 7.37. The summed E-state index contributed by atoms with van der Waals surface area (Å²) in [6, 6.07) is -0.0221. The Balaban J connectivity index is 1.57. The van der Waals surface area contributed by atoms with E-state index in [1.54, 1.807) is 4.90 Å². The van der Waals surface area contributed by atoms with Gasteiger partial charge >= 0.3 is 0 Å². The van der Waals surface area contributed by atoms with Gasteiger partial charge in [-0.1, -0.05) is 19.8 Å². The van der Waals surface area contributed by atoms with E-state index in [1.807, 2.05) is 0 Å². The van der Waals surface area contributed by atoms with Gasteiger partial charge in [-0.2, -0.15) is 0 Å². The van der Waals surface area contributed by atoms with E-state index in [4.69, 9.17) is 0 Å². The van der Waals surface area contributed by atoms with Crippen LogP contribution in [0.15, 0.2) is 0 Å². The number of hydrogen-bond donors (Lipinski definition) is 1. The number of nitrogens with one attached hydrogen (secondary N) is 1. The molecule has 130 valence electrons. The first-order chi connectivity index (χ1) is 10.9. The highest BCUT2D eigenvalue weighted by molar-refractivity contribution is 7.91. The van der Waals surface area contributed by atoms with Gasteiger partial charge in [0, 0.05) is 25.0 Å². The lowest BCUT2D eigenvalue weighted by Crippen LogP contribution is -2.45. The Labute approximate surface area is 137 Å². The summed E-state index contributed by atoms with van der Waals surface area (Å²) in [6.07, 6.45) is 5.23. The molecule has 7 heteroatoms. The second kappa shape index (κ2) is 6.42. The predicted octanol–water partition coefficient (Wildman–Crippen LogP) is 0.717. The van der Waals surface area contributed by atoms with Crippen LogP contribution in [0.3, 0.4) is 0 Å². The Hall–Kier alpha value is -1.11. The normalized spacial score (nSPS) is 37.1. The number of carbonyl (C=O) groups excluding carboxylic acids is 2. The smallest absolute Gasteiger partial charge is 0.225 e. The average Bonchev–Trinajstić information content (AvgIpc) is 3.04. The van der Waals surface area contributed by atoms with E-state index in [2.05, 4.69) is 12.2 Å². The molecule has 3 fully saturated rings. The molecule has 6 nitrogen and oxygen atoms in total. The van der Waals surface area contributed by atoms with Crippen LogP contribution in [0.25, 0.3) is 0 Å². The third kappa shape index (κ3) is 3.70. The van der Waals surface area contributed by atoms with Gasteiger partial charge in [0.15, 0.2) is 9.84 Å². The van der Waals surface area contributed by atoms with Crippen molar-refractivity contribution in [1.82, 2.24) is 10.2 Å². The summed E-state index contributed by atoms with van der Waals surface area (Å²) < 4.78 is 23.2. The van der Waals surface area contributed by atoms with Crippen LogP contribution in [0.5, 0.6) is 0 Å². The summed E-state index contributed by atoms with van der Waals surface area (Å²) in [5.74, 6) is 0.232. The summed E-state index contributed by atoms with van der Waals surface area (Å²) >= 11 is 0. The molecule has 1 aliphatic carbocycles. The molecule has 1 N–H and O–H groups in total. The van der Waals surface area contributed by atoms with Crippen molar-refractivity contribution in [3.63, 3.8) is 0 Å². The van der Waals surface area contributed by atoms with Gasteiger partial charge in [0.1, 0.15) is 0 Å². The predicted molar refractivity (Wildman–Crippen MR) is 86.4 cm³/mol. The van der Waals surface area contributed by atoms with E-state index in [0.717, 1.165) is 19.3 Å². The first-order valence-corrected chi connectivity index (χ1v) is 10.5. The van der Waals surface area contributed by atoms with Crippen molar-refractivity contribution in [2.24, 2.45) is 11.8 Å². The third-order valence-electron chi connectivity index (χ3n) is 5.62. The highest BCUT2D eigenvalue weighted by Gasteiger charge is 2.42. The van der Waals surface area contributed by atoms with Crippen molar-refractivity contribution in [2.45, 2.75) is 57.5 Å². The molecule has 3 rings (SSSR count). The second-order valence-corrected chi connectivity index (χ2v) is 9.61. The van der Waals surface area contributed by atoms with Crippen LogP contribution in [0.1, 0.15) is 45.4 Å². The maximum absolute atomic E-state index is 12.5. The van der Waals surface area contributed by atoms with Crippen molar-refractivity contribution in [3.05, 3.63) is 0 Å². The van der Waals surface area contributed by atoms with Crippen molar-refractivity contribution in [1.29, 1.82) is 0 Å². The highest BCUT2D eigenvalue weighted by atomic mass is 32.2. The van der Waals surface area contributed by atoms with E-state index in [0.29, 0.717) is 18.9 Å². The first-order valence-electron chi connectivity index (χ1n) is 8.66. The number of likely N-dealkylation sites (tertiary alicyclic amines) is 1. The average molecular weight is 342 g/mol. The minimum absolute atomic E-state index is 0.0412. The molecule has 1 saturated carbocycles. The standard InChI is InChI=1S/C16H26N2O4S/c1-11-4-2-3-5-14(11)17-16(20)12-8-15(19)18(9-12)13-6-7-23(21,22)10-13/h11-14H,2-10H2,1H3,(H,17,20)/t11-,12-,13+,14+/m1/s1. The molecule has 0 radical (unpaired) electrons. The van der Waals surface area contributed by atoms with Crippen LogP contribution >= 0.6 is 0 Å². The molecular weight excluding hydrogens is 316 g/mol. The monoisotopic (exact) mass is 342 g/mol. The summed E-state index contributed by atoms with van der Waals surface area (Å²) in [5.41, 5.74) is 0. The Kier molecular flexibility index (Phi) is 4.67. The maximum Gasteiger partial charge on any atom is 0.225 e. The molecule has 0 unspecified atom stereocenters. The molecule has 2 amide bonds. The van der Waals surface area contributed by atoms with Gasteiger partial charge in [-0.05, 0) is 25.2 Å². The zero-order valence-electron chi connectivity index (χ0n) is 13.7. The lowest BCUT2D eigenvalue weighted by atomic mass is 9.85. The molecule has 3 aliphatic rings. The van der Waals surface area contributed by atoms with E-state index in [-0.39, 0.29) is 47.7 Å². The SMILES string of the molecule is C[C@@H]1CCCC[C@@H]1NC(=O)[C@@H]1CC(=O)N([C@H]2CCS(=O)(=O)C2)C1. The van der Waals surface area contributed by atoms with Gasteiger partial charge in [-0.25, -0.2) is 8.42 Å². The zero-order valence-corrected chi connectivity index (χ0v) is 14.5. The summed E-state index contributed by atoms with van der Waals surface area (Å²) in [6.45, 7) is 2.53. The molecule has 2 saturated heterocycles. The Morgan fingerprint density at radius 1 is 1.22 bits per heavy atom. The quantitative estimate of drug-likeness (QED) is 0.819. The number of rotatable bonds is 3. The Bertz CT molecular complexity index is 589. The minimum Gasteiger partial charge on any atom is -0.353 e. The number of sulfone groups is 1. The van der Waals surface area contributed by atoms with Crippen LogP contribution in [0.4, 0.5) is 0 Å². The van der Waals surface area contributed by atoms with E-state index < -0.39 is 9.84 Å². The molecule has 2 aliphatic heterocycles. The number of nitrogens with zero attached hydrogens (tertiary/aromatic N) is 1. The van der Waals surface area contributed by atoms with Crippen LogP contribution in [0, 0.1) is 11.8 Å². The van der Waals surface area contributed by atoms with Gasteiger partial charge < -0.3 is 10.2 Å². The summed E-state index contributed by atoms with van der Waals surface area (Å²) in [4.78, 5) is 26.3. The Morgan fingerprint density at radius 3 is 2.61 bits per heavy atom. The van der Waals surface area contributed by atoms with Crippen molar-refractivity contribution < 1.29 is 18.0 Å². The van der Waals surface area contributed by atoms with Crippen LogP contribution in [-0.2, 0) is 19.4 Å². The fraction of sp³-hybridized carbons (Fsp3) is 0.875. The number of carbonyl (C=O) groups is 2. The topological polar surface area (TPSA) is 83.6 Å². The van der Waals surface area contributed by atoms with E-state index in [1.165, 1.54) is 6.42 Å².